The molecule has 0 bridgehead atoms. The number of benzene rings is 1. The minimum atomic E-state index is 0.282. The first-order valence-electron chi connectivity index (χ1n) is 7.30. The molecule has 0 aliphatic carbocycles. The van der Waals surface area contributed by atoms with Crippen LogP contribution in [0.15, 0.2) is 42.7 Å². The second-order valence-corrected chi connectivity index (χ2v) is 5.30. The van der Waals surface area contributed by atoms with Crippen molar-refractivity contribution < 1.29 is 4.74 Å². The van der Waals surface area contributed by atoms with E-state index in [4.69, 9.17) is 10.5 Å². The van der Waals surface area contributed by atoms with E-state index < -0.39 is 0 Å². The van der Waals surface area contributed by atoms with Crippen molar-refractivity contribution >= 4 is 5.69 Å². The Kier molecular flexibility index (Phi) is 4.31. The van der Waals surface area contributed by atoms with Crippen molar-refractivity contribution in [2.45, 2.75) is 25.5 Å². The third kappa shape index (κ3) is 3.70. The Hall–Kier alpha value is -2.14. The molecular weight excluding hydrogens is 264 g/mol. The van der Waals surface area contributed by atoms with E-state index in [1.807, 2.05) is 12.1 Å². The molecule has 0 amide bonds. The van der Waals surface area contributed by atoms with E-state index in [-0.39, 0.29) is 6.04 Å². The molecule has 21 heavy (non-hydrogen) atoms. The van der Waals surface area contributed by atoms with Gasteiger partial charge in [-0.2, -0.15) is 0 Å². The molecule has 1 fully saturated rings. The molecule has 1 unspecified atom stereocenters. The van der Waals surface area contributed by atoms with Crippen LogP contribution in [0.3, 0.4) is 0 Å². The lowest BCUT2D eigenvalue weighted by Crippen LogP contribution is -2.42. The molecule has 2 N–H and O–H groups in total. The van der Waals surface area contributed by atoms with Crippen LogP contribution in [0.5, 0.6) is 5.75 Å². The van der Waals surface area contributed by atoms with Gasteiger partial charge >= 0.3 is 0 Å². The van der Waals surface area contributed by atoms with E-state index in [1.54, 1.807) is 18.5 Å². The van der Waals surface area contributed by atoms with Crippen LogP contribution in [-0.2, 0) is 6.61 Å². The lowest BCUT2D eigenvalue weighted by atomic mass is 10.1. The van der Waals surface area contributed by atoms with Gasteiger partial charge in [0, 0.05) is 37.2 Å². The van der Waals surface area contributed by atoms with Crippen LogP contribution < -0.4 is 15.4 Å². The number of rotatable bonds is 4. The molecule has 5 nitrogen and oxygen atoms in total. The first-order valence-corrected chi connectivity index (χ1v) is 7.30. The number of ether oxygens (including phenoxy) is 1. The Balaban J connectivity index is 1.59. The van der Waals surface area contributed by atoms with Crippen molar-refractivity contribution in [1.82, 2.24) is 9.97 Å². The molecule has 110 valence electrons. The summed E-state index contributed by atoms with van der Waals surface area (Å²) in [6, 6.07) is 10.2. The summed E-state index contributed by atoms with van der Waals surface area (Å²) in [7, 11) is 0. The van der Waals surface area contributed by atoms with Gasteiger partial charge in [-0.15, -0.1) is 0 Å². The van der Waals surface area contributed by atoms with E-state index in [0.29, 0.717) is 12.4 Å². The average molecular weight is 284 g/mol. The number of piperidine rings is 1. The minimum Gasteiger partial charge on any atom is -0.486 e. The van der Waals surface area contributed by atoms with E-state index in [2.05, 4.69) is 27.0 Å². The molecule has 1 saturated heterocycles. The van der Waals surface area contributed by atoms with Gasteiger partial charge in [-0.1, -0.05) is 0 Å². The second-order valence-electron chi connectivity index (χ2n) is 5.30. The molecular formula is C16H20N4O. The lowest BCUT2D eigenvalue weighted by Gasteiger charge is -2.32. The third-order valence-electron chi connectivity index (χ3n) is 3.65. The van der Waals surface area contributed by atoms with Gasteiger partial charge in [0.05, 0.1) is 0 Å². The normalized spacial score (nSPS) is 18.5. The monoisotopic (exact) mass is 284 g/mol. The fraction of sp³-hybridized carbons (Fsp3) is 0.375. The molecule has 0 spiro atoms. The van der Waals surface area contributed by atoms with Gasteiger partial charge < -0.3 is 15.4 Å². The first-order chi connectivity index (χ1) is 10.3. The van der Waals surface area contributed by atoms with Gasteiger partial charge in [0.2, 0.25) is 0 Å². The first kappa shape index (κ1) is 13.8. The highest BCUT2D eigenvalue weighted by atomic mass is 16.5. The molecule has 3 rings (SSSR count). The van der Waals surface area contributed by atoms with E-state index in [0.717, 1.165) is 31.7 Å². The molecule has 5 heteroatoms. The molecule has 1 atom stereocenters. The van der Waals surface area contributed by atoms with Crippen molar-refractivity contribution in [2.75, 3.05) is 18.0 Å². The van der Waals surface area contributed by atoms with Crippen molar-refractivity contribution in [3.05, 3.63) is 48.5 Å². The molecule has 1 aliphatic heterocycles. The Morgan fingerprint density at radius 3 is 2.67 bits per heavy atom. The summed E-state index contributed by atoms with van der Waals surface area (Å²) in [5, 5.41) is 0. The maximum Gasteiger partial charge on any atom is 0.166 e. The zero-order chi connectivity index (χ0) is 14.5. The molecule has 2 aromatic rings. The van der Waals surface area contributed by atoms with E-state index in [1.165, 1.54) is 5.69 Å². The predicted molar refractivity (Wildman–Crippen MR) is 82.2 cm³/mol. The SMILES string of the molecule is NC1CCCN(c2ccc(OCc3ncccn3)cc2)C1. The second kappa shape index (κ2) is 6.54. The maximum absolute atomic E-state index is 6.02. The average Bonchev–Trinajstić information content (AvgIpc) is 2.54. The summed E-state index contributed by atoms with van der Waals surface area (Å²) in [5.41, 5.74) is 7.23. The fourth-order valence-corrected chi connectivity index (χ4v) is 2.55. The molecule has 1 aromatic heterocycles. The highest BCUT2D eigenvalue weighted by Gasteiger charge is 2.16. The summed E-state index contributed by atoms with van der Waals surface area (Å²) >= 11 is 0. The number of anilines is 1. The van der Waals surface area contributed by atoms with E-state index in [9.17, 15) is 0 Å². The molecule has 1 aromatic carbocycles. The summed E-state index contributed by atoms with van der Waals surface area (Å²) in [6.45, 7) is 2.39. The van der Waals surface area contributed by atoms with Crippen LogP contribution in [0.25, 0.3) is 0 Å². The van der Waals surface area contributed by atoms with Crippen molar-refractivity contribution in [3.8, 4) is 5.75 Å². The van der Waals surface area contributed by atoms with E-state index >= 15 is 0 Å². The van der Waals surface area contributed by atoms with Crippen molar-refractivity contribution in [3.63, 3.8) is 0 Å². The van der Waals surface area contributed by atoms with Gasteiger partial charge in [-0.3, -0.25) is 0 Å². The number of nitrogens with two attached hydrogens (primary N) is 1. The Bertz CT molecular complexity index is 558. The predicted octanol–water partition coefficient (Wildman–Crippen LogP) is 1.98. The largest absolute Gasteiger partial charge is 0.486 e. The fourth-order valence-electron chi connectivity index (χ4n) is 2.55. The van der Waals surface area contributed by atoms with Crippen LogP contribution in [-0.4, -0.2) is 29.1 Å². The number of hydrogen-bond acceptors (Lipinski definition) is 5. The summed E-state index contributed by atoms with van der Waals surface area (Å²) in [6.07, 6.45) is 5.71. The quantitative estimate of drug-likeness (QED) is 0.930. The van der Waals surface area contributed by atoms with Crippen molar-refractivity contribution in [2.24, 2.45) is 5.73 Å². The summed E-state index contributed by atoms with van der Waals surface area (Å²) in [5.74, 6) is 1.51. The van der Waals surface area contributed by atoms with Gasteiger partial charge in [0.15, 0.2) is 5.82 Å². The smallest absolute Gasteiger partial charge is 0.166 e. The van der Waals surface area contributed by atoms with Gasteiger partial charge in [0.25, 0.3) is 0 Å². The van der Waals surface area contributed by atoms with Crippen LogP contribution >= 0.6 is 0 Å². The Morgan fingerprint density at radius 2 is 1.95 bits per heavy atom. The number of aromatic nitrogens is 2. The van der Waals surface area contributed by atoms with Gasteiger partial charge in [0.1, 0.15) is 12.4 Å². The van der Waals surface area contributed by atoms with Crippen LogP contribution in [0.1, 0.15) is 18.7 Å². The molecule has 2 heterocycles. The molecule has 0 saturated carbocycles. The van der Waals surface area contributed by atoms with Gasteiger partial charge in [-0.25, -0.2) is 9.97 Å². The zero-order valence-electron chi connectivity index (χ0n) is 12.0. The Labute approximate surface area is 124 Å². The highest BCUT2D eigenvalue weighted by molar-refractivity contribution is 5.49. The third-order valence-corrected chi connectivity index (χ3v) is 3.65. The number of hydrogen-bond donors (Lipinski definition) is 1. The summed E-state index contributed by atoms with van der Waals surface area (Å²) in [4.78, 5) is 10.6. The zero-order valence-corrected chi connectivity index (χ0v) is 12.0. The Morgan fingerprint density at radius 1 is 1.19 bits per heavy atom. The summed E-state index contributed by atoms with van der Waals surface area (Å²) < 4.78 is 5.69. The van der Waals surface area contributed by atoms with Gasteiger partial charge in [-0.05, 0) is 43.2 Å². The van der Waals surface area contributed by atoms with Crippen LogP contribution in [0.2, 0.25) is 0 Å². The van der Waals surface area contributed by atoms with Crippen LogP contribution in [0.4, 0.5) is 5.69 Å². The molecule has 0 radical (unpaired) electrons. The standard InChI is InChI=1S/C16H20N4O/c17-13-3-1-10-20(11-13)14-4-6-15(7-5-14)21-12-16-18-8-2-9-19-16/h2,4-9,13H,1,3,10-12,17H2. The minimum absolute atomic E-state index is 0.282. The highest BCUT2D eigenvalue weighted by Crippen LogP contribution is 2.22. The van der Waals surface area contributed by atoms with Crippen LogP contribution in [0, 0.1) is 0 Å². The maximum atomic E-state index is 6.02. The number of nitrogens with zero attached hydrogens (tertiary/aromatic N) is 3. The lowest BCUT2D eigenvalue weighted by molar-refractivity contribution is 0.296. The van der Waals surface area contributed by atoms with Crippen molar-refractivity contribution in [1.29, 1.82) is 0 Å². The molecule has 1 aliphatic rings. The topological polar surface area (TPSA) is 64.3 Å².